The molecule has 3 heteroatoms. The van der Waals surface area contributed by atoms with Crippen molar-refractivity contribution in [1.82, 2.24) is 5.32 Å². The minimum Gasteiger partial charge on any atom is -0.496 e. The van der Waals surface area contributed by atoms with Crippen molar-refractivity contribution in [2.75, 3.05) is 14.2 Å². The van der Waals surface area contributed by atoms with Gasteiger partial charge in [-0.3, -0.25) is 0 Å². The molecular formula is C18H28BrNO. The number of aryl methyl sites for hydroxylation is 1. The molecule has 1 fully saturated rings. The average Bonchev–Trinajstić information content (AvgIpc) is 2.76. The fourth-order valence-electron chi connectivity index (χ4n) is 3.45. The van der Waals surface area contributed by atoms with Crippen LogP contribution in [0.5, 0.6) is 5.75 Å². The first-order valence-corrected chi connectivity index (χ1v) is 8.96. The van der Waals surface area contributed by atoms with Gasteiger partial charge in [-0.15, -0.1) is 0 Å². The zero-order chi connectivity index (χ0) is 15.2. The second kappa shape index (κ2) is 8.19. The van der Waals surface area contributed by atoms with E-state index in [1.807, 2.05) is 0 Å². The van der Waals surface area contributed by atoms with Gasteiger partial charge in [-0.2, -0.15) is 0 Å². The van der Waals surface area contributed by atoms with Crippen LogP contribution >= 0.6 is 15.9 Å². The van der Waals surface area contributed by atoms with Gasteiger partial charge in [-0.1, -0.05) is 54.5 Å². The van der Waals surface area contributed by atoms with Crippen LogP contribution in [0, 0.1) is 12.8 Å². The summed E-state index contributed by atoms with van der Waals surface area (Å²) in [7, 11) is 3.83. The van der Waals surface area contributed by atoms with Crippen molar-refractivity contribution >= 4 is 15.9 Å². The van der Waals surface area contributed by atoms with E-state index in [4.69, 9.17) is 4.74 Å². The second-order valence-corrected chi connectivity index (χ2v) is 7.13. The van der Waals surface area contributed by atoms with E-state index in [0.29, 0.717) is 6.04 Å². The lowest BCUT2D eigenvalue weighted by atomic mass is 9.89. The van der Waals surface area contributed by atoms with E-state index in [1.165, 1.54) is 60.5 Å². The van der Waals surface area contributed by atoms with Crippen LogP contribution in [0.25, 0.3) is 0 Å². The van der Waals surface area contributed by atoms with Crippen molar-refractivity contribution in [2.45, 2.75) is 57.9 Å². The van der Waals surface area contributed by atoms with Gasteiger partial charge in [0.25, 0.3) is 0 Å². The predicted octanol–water partition coefficient (Wildman–Crippen LogP) is 5.39. The van der Waals surface area contributed by atoms with Crippen LogP contribution in [0.2, 0.25) is 0 Å². The van der Waals surface area contributed by atoms with Crippen LogP contribution in [-0.2, 0) is 0 Å². The molecule has 0 spiro atoms. The summed E-state index contributed by atoms with van der Waals surface area (Å²) in [5.74, 6) is 1.85. The summed E-state index contributed by atoms with van der Waals surface area (Å²) in [6.45, 7) is 2.11. The number of ether oxygens (including phenoxy) is 1. The molecule has 1 saturated carbocycles. The molecule has 1 aliphatic rings. The van der Waals surface area contributed by atoms with E-state index in [9.17, 15) is 0 Å². The first kappa shape index (κ1) is 16.8. The number of halogens is 1. The Balaban J connectivity index is 2.17. The zero-order valence-electron chi connectivity index (χ0n) is 13.5. The number of hydrogen-bond acceptors (Lipinski definition) is 2. The van der Waals surface area contributed by atoms with Crippen LogP contribution in [0.1, 0.15) is 62.1 Å². The molecule has 1 aromatic carbocycles. The van der Waals surface area contributed by atoms with Crippen molar-refractivity contribution in [3.8, 4) is 5.75 Å². The molecule has 0 radical (unpaired) electrons. The first-order valence-electron chi connectivity index (χ1n) is 8.17. The molecule has 0 amide bonds. The second-order valence-electron chi connectivity index (χ2n) is 6.28. The van der Waals surface area contributed by atoms with Crippen LogP contribution in [0.3, 0.4) is 0 Å². The molecule has 0 saturated heterocycles. The molecule has 1 aliphatic carbocycles. The zero-order valence-corrected chi connectivity index (χ0v) is 15.1. The summed E-state index contributed by atoms with van der Waals surface area (Å²) in [4.78, 5) is 0. The van der Waals surface area contributed by atoms with Crippen molar-refractivity contribution in [2.24, 2.45) is 5.92 Å². The Morgan fingerprint density at radius 2 is 1.90 bits per heavy atom. The highest BCUT2D eigenvalue weighted by Gasteiger charge is 2.21. The fraction of sp³-hybridized carbons (Fsp3) is 0.667. The van der Waals surface area contributed by atoms with Crippen LogP contribution in [0.15, 0.2) is 16.6 Å². The van der Waals surface area contributed by atoms with Gasteiger partial charge in [0.1, 0.15) is 5.75 Å². The van der Waals surface area contributed by atoms with Gasteiger partial charge in [0.05, 0.1) is 7.11 Å². The van der Waals surface area contributed by atoms with Crippen molar-refractivity contribution in [3.63, 3.8) is 0 Å². The standard InChI is InChI=1S/C18H28BrNO/c1-13-10-18(21-3)15(12-16(13)19)17(20-2)11-14-8-6-4-5-7-9-14/h10,12,14,17,20H,4-9,11H2,1-3H3. The maximum absolute atomic E-state index is 5.62. The van der Waals surface area contributed by atoms with Gasteiger partial charge in [-0.05, 0) is 44.0 Å². The molecule has 2 nitrogen and oxygen atoms in total. The van der Waals surface area contributed by atoms with Gasteiger partial charge in [0, 0.05) is 16.1 Å². The Labute approximate surface area is 137 Å². The third-order valence-electron chi connectivity index (χ3n) is 4.78. The third kappa shape index (κ3) is 4.46. The third-order valence-corrected chi connectivity index (χ3v) is 5.63. The van der Waals surface area contributed by atoms with Crippen LogP contribution in [0.4, 0.5) is 0 Å². The summed E-state index contributed by atoms with van der Waals surface area (Å²) in [5, 5.41) is 3.51. The first-order chi connectivity index (χ1) is 10.2. The Kier molecular flexibility index (Phi) is 6.56. The van der Waals surface area contributed by atoms with Gasteiger partial charge in [0.2, 0.25) is 0 Å². The maximum Gasteiger partial charge on any atom is 0.123 e. The molecule has 1 aromatic rings. The minimum atomic E-state index is 0.375. The molecule has 0 bridgehead atoms. The van der Waals surface area contributed by atoms with Crippen molar-refractivity contribution < 1.29 is 4.74 Å². The largest absolute Gasteiger partial charge is 0.496 e. The van der Waals surface area contributed by atoms with E-state index in [0.717, 1.165) is 11.7 Å². The predicted molar refractivity (Wildman–Crippen MR) is 93.0 cm³/mol. The molecule has 1 unspecified atom stereocenters. The van der Waals surface area contributed by atoms with Crippen LogP contribution in [-0.4, -0.2) is 14.2 Å². The summed E-state index contributed by atoms with van der Waals surface area (Å²) in [6.07, 6.45) is 9.61. The van der Waals surface area contributed by atoms with Crippen molar-refractivity contribution in [3.05, 3.63) is 27.7 Å². The Morgan fingerprint density at radius 1 is 1.24 bits per heavy atom. The van der Waals surface area contributed by atoms with E-state index >= 15 is 0 Å². The molecule has 1 atom stereocenters. The van der Waals surface area contributed by atoms with E-state index in [1.54, 1.807) is 7.11 Å². The van der Waals surface area contributed by atoms with E-state index in [2.05, 4.69) is 47.4 Å². The average molecular weight is 354 g/mol. The SMILES string of the molecule is CNC(CC1CCCCCC1)c1cc(Br)c(C)cc1OC. The van der Waals surface area contributed by atoms with Gasteiger partial charge in [0.15, 0.2) is 0 Å². The number of hydrogen-bond donors (Lipinski definition) is 1. The Bertz CT molecular complexity index is 453. The minimum absolute atomic E-state index is 0.375. The van der Waals surface area contributed by atoms with E-state index in [-0.39, 0.29) is 0 Å². The molecule has 0 aliphatic heterocycles. The highest BCUT2D eigenvalue weighted by molar-refractivity contribution is 9.10. The summed E-state index contributed by atoms with van der Waals surface area (Å²) in [6, 6.07) is 4.74. The normalized spacial score (nSPS) is 18.3. The fourth-order valence-corrected chi connectivity index (χ4v) is 3.81. The summed E-state index contributed by atoms with van der Waals surface area (Å²) >= 11 is 3.66. The van der Waals surface area contributed by atoms with Gasteiger partial charge >= 0.3 is 0 Å². The lowest BCUT2D eigenvalue weighted by Crippen LogP contribution is -2.20. The molecule has 2 rings (SSSR count). The molecule has 0 aromatic heterocycles. The summed E-state index contributed by atoms with van der Waals surface area (Å²) < 4.78 is 6.78. The Hall–Kier alpha value is -0.540. The lowest BCUT2D eigenvalue weighted by Gasteiger charge is -2.25. The molecule has 21 heavy (non-hydrogen) atoms. The number of rotatable bonds is 5. The number of nitrogens with one attached hydrogen (secondary N) is 1. The quantitative estimate of drug-likeness (QED) is 0.716. The molecule has 118 valence electrons. The van der Waals surface area contributed by atoms with Crippen LogP contribution < -0.4 is 10.1 Å². The number of methoxy groups -OCH3 is 1. The lowest BCUT2D eigenvalue weighted by molar-refractivity contribution is 0.352. The summed E-state index contributed by atoms with van der Waals surface area (Å²) in [5.41, 5.74) is 2.50. The Morgan fingerprint density at radius 3 is 2.48 bits per heavy atom. The highest BCUT2D eigenvalue weighted by atomic mass is 79.9. The van der Waals surface area contributed by atoms with E-state index < -0.39 is 0 Å². The van der Waals surface area contributed by atoms with Gasteiger partial charge in [-0.25, -0.2) is 0 Å². The number of benzene rings is 1. The van der Waals surface area contributed by atoms with Gasteiger partial charge < -0.3 is 10.1 Å². The smallest absolute Gasteiger partial charge is 0.123 e. The van der Waals surface area contributed by atoms with Crippen molar-refractivity contribution in [1.29, 1.82) is 0 Å². The monoisotopic (exact) mass is 353 g/mol. The molecular weight excluding hydrogens is 326 g/mol. The maximum atomic E-state index is 5.62. The highest BCUT2D eigenvalue weighted by Crippen LogP contribution is 2.36. The topological polar surface area (TPSA) is 21.3 Å². The molecule has 1 N–H and O–H groups in total. The molecule has 0 heterocycles.